The molecule has 5 heteroatoms. The zero-order valence-corrected chi connectivity index (χ0v) is 10.1. The van der Waals surface area contributed by atoms with Gasteiger partial charge in [-0.3, -0.25) is 0 Å². The maximum atomic E-state index is 11.7. The van der Waals surface area contributed by atoms with Gasteiger partial charge in [0.05, 0.1) is 0 Å². The number of ether oxygens (including phenoxy) is 4. The lowest BCUT2D eigenvalue weighted by atomic mass is 9.98. The molecule has 16 heavy (non-hydrogen) atoms. The van der Waals surface area contributed by atoms with Gasteiger partial charge in [-0.1, -0.05) is 6.92 Å². The van der Waals surface area contributed by atoms with Crippen LogP contribution in [0.15, 0.2) is 0 Å². The van der Waals surface area contributed by atoms with E-state index >= 15 is 0 Å². The van der Waals surface area contributed by atoms with E-state index in [1.807, 2.05) is 6.92 Å². The Morgan fingerprint density at radius 2 is 2.06 bits per heavy atom. The van der Waals surface area contributed by atoms with Gasteiger partial charge in [-0.2, -0.15) is 0 Å². The van der Waals surface area contributed by atoms with Gasteiger partial charge < -0.3 is 18.9 Å². The molecular formula is C11H18O5. The SMILES string of the molecule is CC[C@H]1OC(=O)[C@@H]2OC(C)(C)O[C@@H]2[C@H]1OC. The molecule has 5 nitrogen and oxygen atoms in total. The third-order valence-corrected chi connectivity index (χ3v) is 2.99. The Hall–Kier alpha value is -0.650. The van der Waals surface area contributed by atoms with Crippen LogP contribution >= 0.6 is 0 Å². The van der Waals surface area contributed by atoms with Crippen LogP contribution in [0.4, 0.5) is 0 Å². The molecule has 92 valence electrons. The Morgan fingerprint density at radius 3 is 2.62 bits per heavy atom. The largest absolute Gasteiger partial charge is 0.458 e. The summed E-state index contributed by atoms with van der Waals surface area (Å²) >= 11 is 0. The Labute approximate surface area is 95.0 Å². The second-order valence-corrected chi connectivity index (χ2v) is 4.60. The second-order valence-electron chi connectivity index (χ2n) is 4.60. The summed E-state index contributed by atoms with van der Waals surface area (Å²) in [7, 11) is 1.60. The molecule has 0 aromatic carbocycles. The van der Waals surface area contributed by atoms with Crippen LogP contribution in [-0.4, -0.2) is 43.3 Å². The minimum absolute atomic E-state index is 0.253. The van der Waals surface area contributed by atoms with Crippen molar-refractivity contribution in [2.45, 2.75) is 57.4 Å². The third kappa shape index (κ3) is 1.83. The van der Waals surface area contributed by atoms with E-state index in [-0.39, 0.29) is 24.3 Å². The minimum atomic E-state index is -0.756. The summed E-state index contributed by atoms with van der Waals surface area (Å²) < 4.78 is 21.9. The average Bonchev–Trinajstić information content (AvgIpc) is 2.54. The molecule has 0 aromatic rings. The van der Waals surface area contributed by atoms with Crippen molar-refractivity contribution in [2.24, 2.45) is 0 Å². The van der Waals surface area contributed by atoms with Crippen LogP contribution in [0.25, 0.3) is 0 Å². The quantitative estimate of drug-likeness (QED) is 0.658. The van der Waals surface area contributed by atoms with Crippen LogP contribution in [0.2, 0.25) is 0 Å². The van der Waals surface area contributed by atoms with Crippen LogP contribution in [-0.2, 0) is 23.7 Å². The highest BCUT2D eigenvalue weighted by Crippen LogP contribution is 2.36. The van der Waals surface area contributed by atoms with Gasteiger partial charge in [-0.15, -0.1) is 0 Å². The molecule has 0 aromatic heterocycles. The van der Waals surface area contributed by atoms with Gasteiger partial charge in [-0.25, -0.2) is 4.79 Å². The van der Waals surface area contributed by atoms with E-state index in [1.54, 1.807) is 21.0 Å². The van der Waals surface area contributed by atoms with E-state index < -0.39 is 11.9 Å². The van der Waals surface area contributed by atoms with Crippen LogP contribution in [0.1, 0.15) is 27.2 Å². The van der Waals surface area contributed by atoms with E-state index in [0.29, 0.717) is 6.42 Å². The standard InChI is InChI=1S/C11H18O5/c1-5-6-7(13-4)8-9(10(12)14-6)16-11(2,3)15-8/h6-9H,5H2,1-4H3/t6-,7+,8-,9-/m1/s1. The van der Waals surface area contributed by atoms with Gasteiger partial charge in [0.15, 0.2) is 11.9 Å². The van der Waals surface area contributed by atoms with E-state index in [1.165, 1.54) is 0 Å². The summed E-state index contributed by atoms with van der Waals surface area (Å²) in [6, 6.07) is 0. The third-order valence-electron chi connectivity index (χ3n) is 2.99. The Morgan fingerprint density at radius 1 is 1.38 bits per heavy atom. The van der Waals surface area contributed by atoms with Crippen LogP contribution in [0.5, 0.6) is 0 Å². The zero-order chi connectivity index (χ0) is 11.9. The number of fused-ring (bicyclic) bond motifs is 1. The minimum Gasteiger partial charge on any atom is -0.458 e. The maximum Gasteiger partial charge on any atom is 0.338 e. The zero-order valence-electron chi connectivity index (χ0n) is 10.1. The molecule has 0 aliphatic carbocycles. The summed E-state index contributed by atoms with van der Waals surface area (Å²) in [6.07, 6.45) is -0.836. The fourth-order valence-corrected chi connectivity index (χ4v) is 2.31. The van der Waals surface area contributed by atoms with Crippen molar-refractivity contribution in [3.05, 3.63) is 0 Å². The van der Waals surface area contributed by atoms with E-state index in [2.05, 4.69) is 0 Å². The molecule has 2 fully saturated rings. The Kier molecular flexibility index (Phi) is 2.94. The molecule has 0 N–H and O–H groups in total. The van der Waals surface area contributed by atoms with Gasteiger partial charge in [0.25, 0.3) is 0 Å². The molecule has 2 rings (SSSR count). The molecule has 2 saturated heterocycles. The number of hydrogen-bond donors (Lipinski definition) is 0. The first-order chi connectivity index (χ1) is 7.48. The van der Waals surface area contributed by atoms with Crippen molar-refractivity contribution in [3.8, 4) is 0 Å². The van der Waals surface area contributed by atoms with Crippen molar-refractivity contribution < 1.29 is 23.7 Å². The van der Waals surface area contributed by atoms with Gasteiger partial charge in [-0.05, 0) is 20.3 Å². The van der Waals surface area contributed by atoms with Crippen molar-refractivity contribution in [1.29, 1.82) is 0 Å². The molecular weight excluding hydrogens is 212 g/mol. The number of methoxy groups -OCH3 is 1. The molecule has 0 radical (unpaired) electrons. The predicted octanol–water partition coefficient (Wildman–Crippen LogP) is 0.857. The fourth-order valence-electron chi connectivity index (χ4n) is 2.31. The average molecular weight is 230 g/mol. The maximum absolute atomic E-state index is 11.7. The lowest BCUT2D eigenvalue weighted by molar-refractivity contribution is -0.189. The molecule has 0 saturated carbocycles. The monoisotopic (exact) mass is 230 g/mol. The summed E-state index contributed by atoms with van der Waals surface area (Å²) in [4.78, 5) is 11.7. The molecule has 0 spiro atoms. The molecule has 2 heterocycles. The summed E-state index contributed by atoms with van der Waals surface area (Å²) in [6.45, 7) is 5.52. The van der Waals surface area contributed by atoms with E-state index in [4.69, 9.17) is 18.9 Å². The highest BCUT2D eigenvalue weighted by molar-refractivity contribution is 5.77. The summed E-state index contributed by atoms with van der Waals surface area (Å²) in [5, 5.41) is 0. The van der Waals surface area contributed by atoms with Gasteiger partial charge in [0, 0.05) is 7.11 Å². The molecule has 0 amide bonds. The molecule has 2 aliphatic heterocycles. The Bertz CT molecular complexity index is 288. The van der Waals surface area contributed by atoms with Crippen LogP contribution < -0.4 is 0 Å². The first-order valence-electron chi connectivity index (χ1n) is 5.57. The summed E-state index contributed by atoms with van der Waals surface area (Å²) in [5.41, 5.74) is 0. The number of cyclic esters (lactones) is 1. The highest BCUT2D eigenvalue weighted by Gasteiger charge is 2.55. The van der Waals surface area contributed by atoms with E-state index in [0.717, 1.165) is 0 Å². The van der Waals surface area contributed by atoms with Crippen molar-refractivity contribution in [3.63, 3.8) is 0 Å². The second kappa shape index (κ2) is 3.98. The van der Waals surface area contributed by atoms with Crippen molar-refractivity contribution >= 4 is 5.97 Å². The lowest BCUT2D eigenvalue weighted by Crippen LogP contribution is -2.54. The topological polar surface area (TPSA) is 54.0 Å². The first kappa shape index (κ1) is 11.8. The molecule has 4 atom stereocenters. The lowest BCUT2D eigenvalue weighted by Gasteiger charge is -2.35. The smallest absolute Gasteiger partial charge is 0.338 e. The van der Waals surface area contributed by atoms with Crippen LogP contribution in [0.3, 0.4) is 0 Å². The number of rotatable bonds is 2. The Balaban J connectivity index is 2.22. The van der Waals surface area contributed by atoms with E-state index in [9.17, 15) is 4.79 Å². The van der Waals surface area contributed by atoms with Crippen molar-refractivity contribution in [2.75, 3.05) is 7.11 Å². The highest BCUT2D eigenvalue weighted by atomic mass is 16.8. The first-order valence-corrected chi connectivity index (χ1v) is 5.57. The molecule has 2 aliphatic rings. The normalized spacial score (nSPS) is 41.6. The van der Waals surface area contributed by atoms with Gasteiger partial charge in [0.1, 0.15) is 18.3 Å². The molecule has 0 bridgehead atoms. The number of carbonyl (C=O) groups excluding carboxylic acids is 1. The van der Waals surface area contributed by atoms with Crippen LogP contribution in [0, 0.1) is 0 Å². The number of esters is 1. The predicted molar refractivity (Wildman–Crippen MR) is 54.8 cm³/mol. The number of carbonyl (C=O) groups is 1. The fraction of sp³-hybridized carbons (Fsp3) is 0.909. The summed E-state index contributed by atoms with van der Waals surface area (Å²) in [5.74, 6) is -1.11. The number of hydrogen-bond acceptors (Lipinski definition) is 5. The molecule has 0 unspecified atom stereocenters. The van der Waals surface area contributed by atoms with Crippen molar-refractivity contribution in [1.82, 2.24) is 0 Å². The van der Waals surface area contributed by atoms with Gasteiger partial charge in [0.2, 0.25) is 0 Å². The van der Waals surface area contributed by atoms with Gasteiger partial charge >= 0.3 is 5.97 Å².